The van der Waals surface area contributed by atoms with Crippen molar-refractivity contribution in [3.63, 3.8) is 0 Å². The average Bonchev–Trinajstić information content (AvgIpc) is 1.85. The van der Waals surface area contributed by atoms with E-state index >= 15 is 0 Å². The Hall–Kier alpha value is -0.720. The van der Waals surface area contributed by atoms with Crippen LogP contribution in [0, 0.1) is 11.8 Å². The van der Waals surface area contributed by atoms with Crippen LogP contribution in [-0.4, -0.2) is 0 Å². The van der Waals surface area contributed by atoms with Gasteiger partial charge in [-0.05, 0) is 12.3 Å². The van der Waals surface area contributed by atoms with Crippen molar-refractivity contribution in [2.45, 2.75) is 20.3 Å². The number of hydrogen-bond acceptors (Lipinski definition) is 1. The van der Waals surface area contributed by atoms with Crippen molar-refractivity contribution in [1.82, 2.24) is 0 Å². The van der Waals surface area contributed by atoms with E-state index in [2.05, 4.69) is 32.1 Å². The summed E-state index contributed by atoms with van der Waals surface area (Å²) in [5, 5.41) is 0. The Kier molecular flexibility index (Phi) is 2.15. The SMILES string of the molecule is CC/C=C(/N)[C@H]1C=CC1C. The molecule has 2 atom stereocenters. The highest BCUT2D eigenvalue weighted by Gasteiger charge is 2.20. The first-order valence-electron chi connectivity index (χ1n) is 3.89. The summed E-state index contributed by atoms with van der Waals surface area (Å²) in [7, 11) is 0. The molecule has 1 aliphatic carbocycles. The Morgan fingerprint density at radius 3 is 2.60 bits per heavy atom. The molecular weight excluding hydrogens is 122 g/mol. The molecule has 0 aromatic rings. The molecule has 1 heteroatoms. The molecule has 0 aromatic heterocycles. The van der Waals surface area contributed by atoms with Gasteiger partial charge >= 0.3 is 0 Å². The van der Waals surface area contributed by atoms with Crippen molar-refractivity contribution >= 4 is 0 Å². The van der Waals surface area contributed by atoms with Crippen molar-refractivity contribution in [2.24, 2.45) is 17.6 Å². The van der Waals surface area contributed by atoms with E-state index in [0.717, 1.165) is 12.1 Å². The highest BCUT2D eigenvalue weighted by atomic mass is 14.6. The summed E-state index contributed by atoms with van der Waals surface area (Å²) in [6.45, 7) is 4.31. The second kappa shape index (κ2) is 2.91. The largest absolute Gasteiger partial charge is 0.402 e. The van der Waals surface area contributed by atoms with E-state index in [1.54, 1.807) is 0 Å². The van der Waals surface area contributed by atoms with Crippen LogP contribution in [-0.2, 0) is 0 Å². The van der Waals surface area contributed by atoms with Crippen LogP contribution in [0.25, 0.3) is 0 Å². The van der Waals surface area contributed by atoms with Crippen LogP contribution in [0.5, 0.6) is 0 Å². The maximum absolute atomic E-state index is 5.79. The summed E-state index contributed by atoms with van der Waals surface area (Å²) in [4.78, 5) is 0. The van der Waals surface area contributed by atoms with Gasteiger partial charge in [0.15, 0.2) is 0 Å². The van der Waals surface area contributed by atoms with Gasteiger partial charge < -0.3 is 5.73 Å². The van der Waals surface area contributed by atoms with E-state index < -0.39 is 0 Å². The third-order valence-corrected chi connectivity index (χ3v) is 2.01. The topological polar surface area (TPSA) is 26.0 Å². The quantitative estimate of drug-likeness (QED) is 0.579. The molecule has 0 aliphatic heterocycles. The maximum Gasteiger partial charge on any atom is 0.0221 e. The van der Waals surface area contributed by atoms with Gasteiger partial charge in [0.05, 0.1) is 0 Å². The highest BCUT2D eigenvalue weighted by molar-refractivity contribution is 5.21. The van der Waals surface area contributed by atoms with Gasteiger partial charge in [0, 0.05) is 11.6 Å². The van der Waals surface area contributed by atoms with Crippen LogP contribution in [0.3, 0.4) is 0 Å². The molecule has 2 N–H and O–H groups in total. The lowest BCUT2D eigenvalue weighted by atomic mass is 9.81. The lowest BCUT2D eigenvalue weighted by Crippen LogP contribution is -2.22. The Labute approximate surface area is 62.6 Å². The molecule has 0 fully saturated rings. The van der Waals surface area contributed by atoms with E-state index in [-0.39, 0.29) is 0 Å². The molecule has 0 bridgehead atoms. The summed E-state index contributed by atoms with van der Waals surface area (Å²) >= 11 is 0. The molecule has 1 aliphatic rings. The lowest BCUT2D eigenvalue weighted by Gasteiger charge is -2.26. The molecule has 10 heavy (non-hydrogen) atoms. The van der Waals surface area contributed by atoms with Crippen LogP contribution >= 0.6 is 0 Å². The molecule has 0 radical (unpaired) electrons. The first-order chi connectivity index (χ1) is 4.75. The zero-order valence-corrected chi connectivity index (χ0v) is 6.67. The van der Waals surface area contributed by atoms with Crippen LogP contribution in [0.4, 0.5) is 0 Å². The Balaban J connectivity index is 2.51. The number of allylic oxidation sites excluding steroid dienone is 3. The van der Waals surface area contributed by atoms with Crippen molar-refractivity contribution in [3.05, 3.63) is 23.9 Å². The third kappa shape index (κ3) is 1.23. The predicted molar refractivity (Wildman–Crippen MR) is 44.4 cm³/mol. The molecule has 56 valence electrons. The van der Waals surface area contributed by atoms with E-state index in [4.69, 9.17) is 5.73 Å². The molecule has 1 unspecified atom stereocenters. The second-order valence-electron chi connectivity index (χ2n) is 2.88. The fourth-order valence-corrected chi connectivity index (χ4v) is 1.23. The molecule has 1 rings (SSSR count). The van der Waals surface area contributed by atoms with Crippen molar-refractivity contribution in [2.75, 3.05) is 0 Å². The summed E-state index contributed by atoms with van der Waals surface area (Å²) in [6.07, 6.45) is 7.51. The standard InChI is InChI=1S/C9H15N/c1-3-4-9(10)8-6-5-7(8)2/h4-8H,3,10H2,1-2H3/b9-4+/t7?,8-/m0/s1. The Bertz CT molecular complexity index is 168. The third-order valence-electron chi connectivity index (χ3n) is 2.01. The van der Waals surface area contributed by atoms with E-state index in [9.17, 15) is 0 Å². The van der Waals surface area contributed by atoms with E-state index in [1.807, 2.05) is 0 Å². The number of nitrogens with two attached hydrogens (primary N) is 1. The summed E-state index contributed by atoms with van der Waals surface area (Å²) < 4.78 is 0. The highest BCUT2D eigenvalue weighted by Crippen LogP contribution is 2.28. The summed E-state index contributed by atoms with van der Waals surface area (Å²) in [5.74, 6) is 1.18. The van der Waals surface area contributed by atoms with Gasteiger partial charge in [0.2, 0.25) is 0 Å². The van der Waals surface area contributed by atoms with E-state index in [0.29, 0.717) is 11.8 Å². The second-order valence-corrected chi connectivity index (χ2v) is 2.88. The zero-order chi connectivity index (χ0) is 7.56. The molecule has 0 heterocycles. The molecule has 0 amide bonds. The predicted octanol–water partition coefficient (Wildman–Crippen LogP) is 2.06. The van der Waals surface area contributed by atoms with Gasteiger partial charge in [-0.2, -0.15) is 0 Å². The van der Waals surface area contributed by atoms with Crippen LogP contribution < -0.4 is 5.73 Å². The first kappa shape index (κ1) is 7.39. The van der Waals surface area contributed by atoms with Crippen molar-refractivity contribution < 1.29 is 0 Å². The minimum atomic E-state index is 0.528. The van der Waals surface area contributed by atoms with Gasteiger partial charge in [-0.3, -0.25) is 0 Å². The lowest BCUT2D eigenvalue weighted by molar-refractivity contribution is 0.519. The van der Waals surface area contributed by atoms with Gasteiger partial charge in [-0.1, -0.05) is 32.1 Å². The van der Waals surface area contributed by atoms with Crippen molar-refractivity contribution in [1.29, 1.82) is 0 Å². The van der Waals surface area contributed by atoms with Crippen LogP contribution in [0.15, 0.2) is 23.9 Å². The Morgan fingerprint density at radius 1 is 1.60 bits per heavy atom. The molecule has 0 aromatic carbocycles. The Morgan fingerprint density at radius 2 is 2.30 bits per heavy atom. The fraction of sp³-hybridized carbons (Fsp3) is 0.556. The molecule has 0 saturated carbocycles. The number of hydrogen-bond donors (Lipinski definition) is 1. The minimum absolute atomic E-state index is 0.528. The first-order valence-corrected chi connectivity index (χ1v) is 3.89. The normalized spacial score (nSPS) is 32.0. The minimum Gasteiger partial charge on any atom is -0.402 e. The smallest absolute Gasteiger partial charge is 0.0221 e. The summed E-state index contributed by atoms with van der Waals surface area (Å²) in [6, 6.07) is 0. The maximum atomic E-state index is 5.79. The molecule has 0 saturated heterocycles. The van der Waals surface area contributed by atoms with E-state index in [1.165, 1.54) is 0 Å². The summed E-state index contributed by atoms with van der Waals surface area (Å²) in [5.41, 5.74) is 6.83. The molecular formula is C9H15N. The van der Waals surface area contributed by atoms with Crippen LogP contribution in [0.1, 0.15) is 20.3 Å². The molecule has 1 nitrogen and oxygen atoms in total. The molecule has 0 spiro atoms. The van der Waals surface area contributed by atoms with Gasteiger partial charge in [-0.25, -0.2) is 0 Å². The number of rotatable bonds is 2. The zero-order valence-electron chi connectivity index (χ0n) is 6.67. The van der Waals surface area contributed by atoms with Crippen LogP contribution in [0.2, 0.25) is 0 Å². The van der Waals surface area contributed by atoms with Gasteiger partial charge in [-0.15, -0.1) is 0 Å². The van der Waals surface area contributed by atoms with Crippen molar-refractivity contribution in [3.8, 4) is 0 Å². The fourth-order valence-electron chi connectivity index (χ4n) is 1.23. The monoisotopic (exact) mass is 137 g/mol. The van der Waals surface area contributed by atoms with Gasteiger partial charge in [0.1, 0.15) is 0 Å². The average molecular weight is 137 g/mol. The van der Waals surface area contributed by atoms with Gasteiger partial charge in [0.25, 0.3) is 0 Å².